The summed E-state index contributed by atoms with van der Waals surface area (Å²) in [5.74, 6) is 0.0208. The smallest absolute Gasteiger partial charge is 0.323 e. The number of anilines is 3. The third-order valence-electron chi connectivity index (χ3n) is 4.97. The Morgan fingerprint density at radius 2 is 1.73 bits per heavy atom. The first-order chi connectivity index (χ1) is 15.7. The van der Waals surface area contributed by atoms with Gasteiger partial charge in [0.05, 0.1) is 12.5 Å². The van der Waals surface area contributed by atoms with E-state index in [4.69, 9.17) is 10.5 Å². The van der Waals surface area contributed by atoms with Crippen molar-refractivity contribution in [3.63, 3.8) is 0 Å². The highest BCUT2D eigenvalue weighted by Gasteiger charge is 2.16. The summed E-state index contributed by atoms with van der Waals surface area (Å²) in [5, 5.41) is 12.8. The molecule has 33 heavy (non-hydrogen) atoms. The summed E-state index contributed by atoms with van der Waals surface area (Å²) in [4.78, 5) is 11.8. The Kier molecular flexibility index (Phi) is 5.64. The molecule has 11 heteroatoms. The van der Waals surface area contributed by atoms with Crippen LogP contribution < -0.4 is 21.1 Å². The lowest BCUT2D eigenvalue weighted by Gasteiger charge is -2.11. The van der Waals surface area contributed by atoms with Crippen LogP contribution in [0.1, 0.15) is 0 Å². The lowest BCUT2D eigenvalue weighted by Crippen LogP contribution is -2.19. The predicted octanol–water partition coefficient (Wildman–Crippen LogP) is 4.01. The number of nitrogen functional groups attached to an aromatic ring is 1. The van der Waals surface area contributed by atoms with E-state index in [2.05, 4.69) is 20.8 Å². The highest BCUT2D eigenvalue weighted by molar-refractivity contribution is 7.90. The number of nitrogens with one attached hydrogen (secondary N) is 3. The number of carbonyl (C=O) groups excluding carboxylic acids is 1. The lowest BCUT2D eigenvalue weighted by molar-refractivity contribution is 0.262. The van der Waals surface area contributed by atoms with Gasteiger partial charge < -0.3 is 21.1 Å². The summed E-state index contributed by atoms with van der Waals surface area (Å²) in [5.41, 5.74) is 9.01. The first-order valence-electron chi connectivity index (χ1n) is 9.66. The van der Waals surface area contributed by atoms with Crippen molar-refractivity contribution in [2.75, 3.05) is 29.7 Å². The lowest BCUT2D eigenvalue weighted by atomic mass is 10.0. The van der Waals surface area contributed by atoms with E-state index in [-0.39, 0.29) is 5.69 Å². The number of hydrogen-bond donors (Lipinski definition) is 4. The number of hydrogen-bond acceptors (Lipinski definition) is 6. The number of sulfone groups is 1. The molecule has 9 nitrogen and oxygen atoms in total. The molecule has 0 unspecified atom stereocenters. The van der Waals surface area contributed by atoms with Crippen LogP contribution in [0.15, 0.2) is 59.5 Å². The molecule has 170 valence electrons. The molecule has 2 amide bonds. The maximum Gasteiger partial charge on any atom is 0.323 e. The number of nitrogens with zero attached hydrogens (tertiary/aromatic N) is 1. The standard InChI is InChI=1S/C22H20FN5O4S/c1-32-17-9-8-15(19-20(17)27-28-21(19)24)12-3-5-13(6-4-12)25-22(29)26-14-7-10-18(16(23)11-14)33(2,30)31/h3-11H,1-2H3,(H3,24,27,28)(H2,25,26,29). The summed E-state index contributed by atoms with van der Waals surface area (Å²) in [6, 6.07) is 13.5. The minimum Gasteiger partial charge on any atom is -0.494 e. The second kappa shape index (κ2) is 8.43. The van der Waals surface area contributed by atoms with Crippen LogP contribution in [-0.4, -0.2) is 38.0 Å². The average molecular weight is 469 g/mol. The molecule has 1 heterocycles. The normalized spacial score (nSPS) is 11.4. The highest BCUT2D eigenvalue weighted by atomic mass is 32.2. The van der Waals surface area contributed by atoms with Crippen LogP contribution in [-0.2, 0) is 9.84 Å². The Morgan fingerprint density at radius 3 is 2.36 bits per heavy atom. The number of fused-ring (bicyclic) bond motifs is 1. The third kappa shape index (κ3) is 4.44. The van der Waals surface area contributed by atoms with Gasteiger partial charge in [0, 0.05) is 17.6 Å². The van der Waals surface area contributed by atoms with Crippen molar-refractivity contribution < 1.29 is 22.3 Å². The van der Waals surface area contributed by atoms with E-state index in [0.29, 0.717) is 22.8 Å². The summed E-state index contributed by atoms with van der Waals surface area (Å²) in [6.45, 7) is 0. The predicted molar refractivity (Wildman–Crippen MR) is 125 cm³/mol. The Labute approximate surface area is 188 Å². The van der Waals surface area contributed by atoms with Crippen molar-refractivity contribution in [2.45, 2.75) is 4.90 Å². The number of carbonyl (C=O) groups is 1. The zero-order valence-electron chi connectivity index (χ0n) is 17.6. The number of methoxy groups -OCH3 is 1. The van der Waals surface area contributed by atoms with Crippen LogP contribution in [0.25, 0.3) is 22.0 Å². The van der Waals surface area contributed by atoms with E-state index >= 15 is 0 Å². The number of urea groups is 1. The quantitative estimate of drug-likeness (QED) is 0.348. The van der Waals surface area contributed by atoms with Crippen LogP contribution in [0.4, 0.5) is 26.4 Å². The number of nitrogens with two attached hydrogens (primary N) is 1. The number of H-pyrrole nitrogens is 1. The van der Waals surface area contributed by atoms with Crippen LogP contribution in [0.5, 0.6) is 5.75 Å². The number of halogens is 1. The molecular weight excluding hydrogens is 449 g/mol. The van der Waals surface area contributed by atoms with Crippen molar-refractivity contribution in [3.05, 3.63) is 60.4 Å². The Morgan fingerprint density at radius 1 is 1.06 bits per heavy atom. The number of benzene rings is 3. The average Bonchev–Trinajstić information content (AvgIpc) is 3.15. The molecule has 4 aromatic rings. The van der Waals surface area contributed by atoms with Crippen molar-refractivity contribution in [3.8, 4) is 16.9 Å². The van der Waals surface area contributed by atoms with Crippen LogP contribution in [0, 0.1) is 5.82 Å². The van der Waals surface area contributed by atoms with Gasteiger partial charge in [-0.15, -0.1) is 0 Å². The van der Waals surface area contributed by atoms with E-state index in [1.807, 2.05) is 24.3 Å². The molecule has 0 atom stereocenters. The fourth-order valence-corrected chi connectivity index (χ4v) is 4.18. The van der Waals surface area contributed by atoms with Gasteiger partial charge in [0.2, 0.25) is 0 Å². The first kappa shape index (κ1) is 22.1. The van der Waals surface area contributed by atoms with E-state index < -0.39 is 26.6 Å². The molecule has 1 aromatic heterocycles. The van der Waals surface area contributed by atoms with Crippen molar-refractivity contribution in [2.24, 2.45) is 0 Å². The molecule has 3 aromatic carbocycles. The molecule has 0 aliphatic rings. The molecule has 0 saturated carbocycles. The SMILES string of the molecule is COc1ccc(-c2ccc(NC(=O)Nc3ccc(S(C)(=O)=O)c(F)c3)cc2)c2c(N)n[nH]c12. The van der Waals surface area contributed by atoms with Crippen LogP contribution in [0.3, 0.4) is 0 Å². The monoisotopic (exact) mass is 469 g/mol. The molecule has 0 fully saturated rings. The molecule has 5 N–H and O–H groups in total. The second-order valence-corrected chi connectivity index (χ2v) is 9.23. The van der Waals surface area contributed by atoms with Crippen LogP contribution in [0.2, 0.25) is 0 Å². The Balaban J connectivity index is 1.51. The zero-order valence-corrected chi connectivity index (χ0v) is 18.5. The van der Waals surface area contributed by atoms with Gasteiger partial charge in [0.25, 0.3) is 0 Å². The molecule has 0 aliphatic heterocycles. The summed E-state index contributed by atoms with van der Waals surface area (Å²) >= 11 is 0. The Hall–Kier alpha value is -4.12. The fourth-order valence-electron chi connectivity index (χ4n) is 3.45. The van der Waals surface area contributed by atoms with E-state index in [9.17, 15) is 17.6 Å². The summed E-state index contributed by atoms with van der Waals surface area (Å²) in [7, 11) is -2.13. The summed E-state index contributed by atoms with van der Waals surface area (Å²) < 4.78 is 42.4. The van der Waals surface area contributed by atoms with E-state index in [0.717, 1.165) is 34.9 Å². The maximum atomic E-state index is 14.0. The van der Waals surface area contributed by atoms with E-state index in [1.165, 1.54) is 6.07 Å². The van der Waals surface area contributed by atoms with Crippen molar-refractivity contribution in [1.29, 1.82) is 0 Å². The minimum atomic E-state index is -3.70. The van der Waals surface area contributed by atoms with Crippen molar-refractivity contribution >= 4 is 44.0 Å². The van der Waals surface area contributed by atoms with Crippen LogP contribution >= 0.6 is 0 Å². The number of aromatic nitrogens is 2. The van der Waals surface area contributed by atoms with Gasteiger partial charge in [-0.3, -0.25) is 5.10 Å². The number of ether oxygens (including phenoxy) is 1. The molecule has 0 spiro atoms. The molecule has 0 radical (unpaired) electrons. The number of amides is 2. The number of aromatic amines is 1. The highest BCUT2D eigenvalue weighted by Crippen LogP contribution is 2.36. The van der Waals surface area contributed by atoms with E-state index in [1.54, 1.807) is 19.2 Å². The van der Waals surface area contributed by atoms with Gasteiger partial charge in [-0.25, -0.2) is 17.6 Å². The minimum absolute atomic E-state index is 0.116. The molecule has 4 rings (SSSR count). The Bertz CT molecular complexity index is 1470. The zero-order chi connectivity index (χ0) is 23.8. The fraction of sp³-hybridized carbons (Fsp3) is 0.0909. The largest absolute Gasteiger partial charge is 0.494 e. The second-order valence-electron chi connectivity index (χ2n) is 7.25. The van der Waals surface area contributed by atoms with Crippen molar-refractivity contribution in [1.82, 2.24) is 10.2 Å². The molecule has 0 bridgehead atoms. The first-order valence-corrected chi connectivity index (χ1v) is 11.5. The van der Waals surface area contributed by atoms with Gasteiger partial charge >= 0.3 is 6.03 Å². The number of rotatable bonds is 5. The molecule has 0 aliphatic carbocycles. The van der Waals surface area contributed by atoms with Gasteiger partial charge in [0.1, 0.15) is 22.0 Å². The van der Waals surface area contributed by atoms with Gasteiger partial charge in [-0.2, -0.15) is 5.10 Å². The van der Waals surface area contributed by atoms with Gasteiger partial charge in [-0.1, -0.05) is 12.1 Å². The molecular formula is C22H20FN5O4S. The molecule has 0 saturated heterocycles. The summed E-state index contributed by atoms with van der Waals surface area (Å²) in [6.07, 6.45) is 0.909. The van der Waals surface area contributed by atoms with Gasteiger partial charge in [-0.05, 0) is 53.6 Å². The maximum absolute atomic E-state index is 14.0. The van der Waals surface area contributed by atoms with Gasteiger partial charge in [0.15, 0.2) is 15.7 Å². The topological polar surface area (TPSA) is 139 Å². The third-order valence-corrected chi connectivity index (χ3v) is 6.10.